The predicted molar refractivity (Wildman–Crippen MR) is 60.0 cm³/mol. The van der Waals surface area contributed by atoms with Gasteiger partial charge in [0.15, 0.2) is 0 Å². The topological polar surface area (TPSA) is 30.0 Å². The Morgan fingerprint density at radius 1 is 1.11 bits per heavy atom. The van der Waals surface area contributed by atoms with Crippen molar-refractivity contribution in [2.75, 3.05) is 0 Å². The molecule has 1 heterocycles. The number of carbonyl (C=O) groups excluding carboxylic acids is 1. The fraction of sp³-hybridized carbons (Fsp3) is 0.0769. The van der Waals surface area contributed by atoms with E-state index in [9.17, 15) is 22.4 Å². The zero-order chi connectivity index (χ0) is 14.0. The van der Waals surface area contributed by atoms with Gasteiger partial charge < -0.3 is 0 Å². The molecule has 1 aromatic carbocycles. The molecular formula is C13H7F4NO. The van der Waals surface area contributed by atoms with Crippen LogP contribution in [-0.2, 0) is 6.18 Å². The molecule has 0 aliphatic heterocycles. The molecule has 19 heavy (non-hydrogen) atoms. The minimum Gasteiger partial charge on any atom is -0.298 e. The molecule has 0 aliphatic carbocycles. The Balaban J connectivity index is 2.50. The van der Waals surface area contributed by atoms with Gasteiger partial charge in [-0.05, 0) is 24.3 Å². The second-order valence-corrected chi connectivity index (χ2v) is 3.78. The molecule has 6 heteroatoms. The standard InChI is InChI=1S/C13H7F4NO/c14-11-5-8(7-19)1-2-10(11)12-6-9(3-4-18-12)13(15,16)17/h1-7H. The van der Waals surface area contributed by atoms with Gasteiger partial charge in [-0.1, -0.05) is 6.07 Å². The monoisotopic (exact) mass is 269 g/mol. The zero-order valence-corrected chi connectivity index (χ0v) is 9.41. The van der Waals surface area contributed by atoms with E-state index in [1.165, 1.54) is 12.1 Å². The van der Waals surface area contributed by atoms with Crippen molar-refractivity contribution < 1.29 is 22.4 Å². The first-order valence-electron chi connectivity index (χ1n) is 5.20. The molecule has 0 fully saturated rings. The highest BCUT2D eigenvalue weighted by Crippen LogP contribution is 2.31. The van der Waals surface area contributed by atoms with E-state index in [4.69, 9.17) is 0 Å². The minimum atomic E-state index is -4.52. The number of carbonyl (C=O) groups is 1. The minimum absolute atomic E-state index is 0.0864. The maximum absolute atomic E-state index is 13.7. The van der Waals surface area contributed by atoms with E-state index in [-0.39, 0.29) is 16.8 Å². The molecule has 0 saturated heterocycles. The van der Waals surface area contributed by atoms with Crippen LogP contribution >= 0.6 is 0 Å². The molecule has 2 rings (SSSR count). The van der Waals surface area contributed by atoms with Gasteiger partial charge in [-0.25, -0.2) is 4.39 Å². The van der Waals surface area contributed by atoms with Gasteiger partial charge in [0.25, 0.3) is 0 Å². The Kier molecular flexibility index (Phi) is 3.33. The predicted octanol–water partition coefficient (Wildman–Crippen LogP) is 3.72. The van der Waals surface area contributed by atoms with Gasteiger partial charge in [-0.15, -0.1) is 0 Å². The number of hydrogen-bond donors (Lipinski definition) is 0. The number of benzene rings is 1. The summed E-state index contributed by atoms with van der Waals surface area (Å²) >= 11 is 0. The maximum Gasteiger partial charge on any atom is 0.416 e. The lowest BCUT2D eigenvalue weighted by atomic mass is 10.1. The van der Waals surface area contributed by atoms with E-state index in [0.29, 0.717) is 6.29 Å². The number of alkyl halides is 3. The highest BCUT2D eigenvalue weighted by atomic mass is 19.4. The fourth-order valence-corrected chi connectivity index (χ4v) is 1.57. The fourth-order valence-electron chi connectivity index (χ4n) is 1.57. The Morgan fingerprint density at radius 2 is 1.84 bits per heavy atom. The van der Waals surface area contributed by atoms with Crippen LogP contribution in [0.1, 0.15) is 15.9 Å². The molecule has 1 aromatic heterocycles. The number of aromatic nitrogens is 1. The number of rotatable bonds is 2. The van der Waals surface area contributed by atoms with Crippen LogP contribution in [0.5, 0.6) is 0 Å². The van der Waals surface area contributed by atoms with Gasteiger partial charge in [-0.2, -0.15) is 13.2 Å². The molecule has 0 unspecified atom stereocenters. The first kappa shape index (κ1) is 13.2. The summed E-state index contributed by atoms with van der Waals surface area (Å²) < 4.78 is 51.3. The van der Waals surface area contributed by atoms with Crippen LogP contribution in [0.3, 0.4) is 0 Å². The summed E-state index contributed by atoms with van der Waals surface area (Å²) in [6, 6.07) is 5.05. The van der Waals surface area contributed by atoms with Crippen molar-refractivity contribution >= 4 is 6.29 Å². The van der Waals surface area contributed by atoms with E-state index in [1.807, 2.05) is 0 Å². The summed E-state index contributed by atoms with van der Waals surface area (Å²) in [7, 11) is 0. The lowest BCUT2D eigenvalue weighted by Crippen LogP contribution is -2.05. The van der Waals surface area contributed by atoms with Crippen molar-refractivity contribution in [3.63, 3.8) is 0 Å². The van der Waals surface area contributed by atoms with Gasteiger partial charge in [0.1, 0.15) is 12.1 Å². The summed E-state index contributed by atoms with van der Waals surface area (Å²) in [5.41, 5.74) is -1.02. The molecule has 0 amide bonds. The molecule has 0 N–H and O–H groups in total. The molecule has 2 aromatic rings. The molecule has 0 bridgehead atoms. The van der Waals surface area contributed by atoms with Gasteiger partial charge in [0.2, 0.25) is 0 Å². The number of hydrogen-bond acceptors (Lipinski definition) is 2. The summed E-state index contributed by atoms with van der Waals surface area (Å²) in [6.45, 7) is 0. The first-order chi connectivity index (χ1) is 8.91. The highest BCUT2D eigenvalue weighted by Gasteiger charge is 2.30. The van der Waals surface area contributed by atoms with E-state index in [0.717, 1.165) is 24.4 Å². The zero-order valence-electron chi connectivity index (χ0n) is 9.41. The smallest absolute Gasteiger partial charge is 0.298 e. The summed E-state index contributed by atoms with van der Waals surface area (Å²) in [5, 5.41) is 0. The summed E-state index contributed by atoms with van der Waals surface area (Å²) in [4.78, 5) is 14.2. The molecule has 0 saturated carbocycles. The number of nitrogens with zero attached hydrogens (tertiary/aromatic N) is 1. The summed E-state index contributed by atoms with van der Waals surface area (Å²) in [5.74, 6) is -0.795. The summed E-state index contributed by atoms with van der Waals surface area (Å²) in [6.07, 6.45) is -3.10. The second-order valence-electron chi connectivity index (χ2n) is 3.78. The first-order valence-corrected chi connectivity index (χ1v) is 5.20. The molecule has 98 valence electrons. The van der Waals surface area contributed by atoms with Crippen LogP contribution in [0.15, 0.2) is 36.5 Å². The molecule has 0 radical (unpaired) electrons. The van der Waals surface area contributed by atoms with Crippen molar-refractivity contribution in [2.45, 2.75) is 6.18 Å². The third kappa shape index (κ3) is 2.78. The average Bonchev–Trinajstić information content (AvgIpc) is 2.37. The van der Waals surface area contributed by atoms with E-state index in [1.54, 1.807) is 0 Å². The third-order valence-electron chi connectivity index (χ3n) is 2.49. The quantitative estimate of drug-likeness (QED) is 0.614. The lowest BCUT2D eigenvalue weighted by molar-refractivity contribution is -0.137. The van der Waals surface area contributed by atoms with Crippen molar-refractivity contribution in [1.82, 2.24) is 4.98 Å². The van der Waals surface area contributed by atoms with E-state index < -0.39 is 17.6 Å². The van der Waals surface area contributed by atoms with Gasteiger partial charge >= 0.3 is 6.18 Å². The number of pyridine rings is 1. The van der Waals surface area contributed by atoms with E-state index >= 15 is 0 Å². The number of halogens is 4. The van der Waals surface area contributed by atoms with Crippen LogP contribution in [0, 0.1) is 5.82 Å². The third-order valence-corrected chi connectivity index (χ3v) is 2.49. The molecule has 0 aliphatic rings. The van der Waals surface area contributed by atoms with Crippen molar-refractivity contribution in [1.29, 1.82) is 0 Å². The van der Waals surface area contributed by atoms with Gasteiger partial charge in [-0.3, -0.25) is 9.78 Å². The Morgan fingerprint density at radius 3 is 2.42 bits per heavy atom. The largest absolute Gasteiger partial charge is 0.416 e. The highest BCUT2D eigenvalue weighted by molar-refractivity contribution is 5.76. The van der Waals surface area contributed by atoms with Crippen LogP contribution in [-0.4, -0.2) is 11.3 Å². The van der Waals surface area contributed by atoms with Crippen molar-refractivity contribution in [3.8, 4) is 11.3 Å². The Bertz CT molecular complexity index is 622. The Hall–Kier alpha value is -2.24. The van der Waals surface area contributed by atoms with Crippen LogP contribution < -0.4 is 0 Å². The van der Waals surface area contributed by atoms with Crippen molar-refractivity contribution in [3.05, 3.63) is 53.5 Å². The molecule has 0 spiro atoms. The van der Waals surface area contributed by atoms with Gasteiger partial charge in [0, 0.05) is 17.3 Å². The van der Waals surface area contributed by atoms with Crippen LogP contribution in [0.25, 0.3) is 11.3 Å². The van der Waals surface area contributed by atoms with E-state index in [2.05, 4.69) is 4.98 Å². The van der Waals surface area contributed by atoms with Crippen LogP contribution in [0.2, 0.25) is 0 Å². The normalized spacial score (nSPS) is 11.4. The Labute approximate surface area is 105 Å². The SMILES string of the molecule is O=Cc1ccc(-c2cc(C(F)(F)F)ccn2)c(F)c1. The van der Waals surface area contributed by atoms with Crippen molar-refractivity contribution in [2.24, 2.45) is 0 Å². The lowest BCUT2D eigenvalue weighted by Gasteiger charge is -2.08. The van der Waals surface area contributed by atoms with Gasteiger partial charge in [0.05, 0.1) is 11.3 Å². The average molecular weight is 269 g/mol. The maximum atomic E-state index is 13.7. The second kappa shape index (κ2) is 4.79. The number of aldehydes is 1. The molecule has 2 nitrogen and oxygen atoms in total. The van der Waals surface area contributed by atoms with Crippen LogP contribution in [0.4, 0.5) is 17.6 Å². The molecule has 0 atom stereocenters. The molecular weight excluding hydrogens is 262 g/mol.